The summed E-state index contributed by atoms with van der Waals surface area (Å²) in [4.78, 5) is 0. The van der Waals surface area contributed by atoms with Gasteiger partial charge in [-0.05, 0) is 24.5 Å². The quantitative estimate of drug-likeness (QED) is 0.674. The van der Waals surface area contributed by atoms with E-state index in [2.05, 4.69) is 6.92 Å². The molecule has 0 aromatic carbocycles. The summed E-state index contributed by atoms with van der Waals surface area (Å²) in [5, 5.41) is 9.39. The van der Waals surface area contributed by atoms with E-state index >= 15 is 0 Å². The van der Waals surface area contributed by atoms with Crippen molar-refractivity contribution >= 4 is 0 Å². The van der Waals surface area contributed by atoms with Gasteiger partial charge in [0, 0.05) is 0 Å². The average Bonchev–Trinajstić information content (AvgIpc) is 2.61. The van der Waals surface area contributed by atoms with Crippen molar-refractivity contribution in [2.24, 2.45) is 0 Å². The molecule has 72 valence electrons. The number of methoxy groups -OCH3 is 1. The lowest BCUT2D eigenvalue weighted by Crippen LogP contribution is -1.93. The Balaban J connectivity index is 2.67. The fourth-order valence-electron chi connectivity index (χ4n) is 1.36. The van der Waals surface area contributed by atoms with Gasteiger partial charge in [0.2, 0.25) is 0 Å². The minimum atomic E-state index is 0.0242. The van der Waals surface area contributed by atoms with Gasteiger partial charge in [-0.15, -0.1) is 0 Å². The highest BCUT2D eigenvalue weighted by Crippen LogP contribution is 2.25. The molecule has 0 aromatic heterocycles. The molecule has 1 N–H and O–H groups in total. The monoisotopic (exact) mass is 180 g/mol. The van der Waals surface area contributed by atoms with Gasteiger partial charge in [0.05, 0.1) is 12.7 Å². The minimum absolute atomic E-state index is 0.0242. The summed E-state index contributed by atoms with van der Waals surface area (Å²) in [6.45, 7) is 2.16. The molecule has 2 nitrogen and oxygen atoms in total. The third kappa shape index (κ3) is 2.38. The highest BCUT2D eigenvalue weighted by Gasteiger charge is 2.11. The molecule has 13 heavy (non-hydrogen) atoms. The number of hydrogen-bond donors (Lipinski definition) is 1. The van der Waals surface area contributed by atoms with E-state index in [9.17, 15) is 5.11 Å². The number of allylic oxidation sites excluding steroid dienone is 5. The maximum Gasteiger partial charge on any atom is 0.284 e. The van der Waals surface area contributed by atoms with Crippen molar-refractivity contribution in [2.45, 2.75) is 26.2 Å². The number of hydrogen-bond acceptors (Lipinski definition) is 2. The molecule has 0 fully saturated rings. The van der Waals surface area contributed by atoms with E-state index in [1.165, 1.54) is 19.1 Å². The molecule has 1 aliphatic rings. The predicted octanol–water partition coefficient (Wildman–Crippen LogP) is 3.09. The van der Waals surface area contributed by atoms with Crippen LogP contribution in [0.2, 0.25) is 0 Å². The van der Waals surface area contributed by atoms with Gasteiger partial charge in [-0.25, -0.2) is 0 Å². The lowest BCUT2D eigenvalue weighted by Gasteiger charge is -2.06. The van der Waals surface area contributed by atoms with Crippen LogP contribution in [0, 0.1) is 0 Å². The molecule has 0 saturated carbocycles. The second kappa shape index (κ2) is 4.75. The van der Waals surface area contributed by atoms with Crippen LogP contribution in [0.1, 0.15) is 26.2 Å². The molecular formula is C11H16O2. The molecule has 2 heteroatoms. The van der Waals surface area contributed by atoms with E-state index in [1.54, 1.807) is 0 Å². The van der Waals surface area contributed by atoms with Crippen molar-refractivity contribution in [3.63, 3.8) is 0 Å². The van der Waals surface area contributed by atoms with Crippen LogP contribution in [0.5, 0.6) is 0 Å². The van der Waals surface area contributed by atoms with E-state index < -0.39 is 0 Å². The maximum absolute atomic E-state index is 9.39. The zero-order valence-electron chi connectivity index (χ0n) is 8.21. The van der Waals surface area contributed by atoms with Crippen LogP contribution < -0.4 is 0 Å². The lowest BCUT2D eigenvalue weighted by atomic mass is 10.0. The molecule has 0 bridgehead atoms. The number of unbranched alkanes of at least 4 members (excludes halogenated alkanes) is 1. The number of rotatable bonds is 4. The fraction of sp³-hybridized carbons (Fsp3) is 0.455. The molecule has 0 unspecified atom stereocenters. The normalized spacial score (nSPS) is 18.8. The Hall–Kier alpha value is -1.18. The van der Waals surface area contributed by atoms with Crippen LogP contribution in [0.3, 0.4) is 0 Å². The zero-order valence-corrected chi connectivity index (χ0v) is 8.21. The molecule has 0 aliphatic heterocycles. The van der Waals surface area contributed by atoms with Crippen LogP contribution in [0.4, 0.5) is 0 Å². The topological polar surface area (TPSA) is 29.5 Å². The summed E-state index contributed by atoms with van der Waals surface area (Å²) in [5.74, 6) is 0.0242. The lowest BCUT2D eigenvalue weighted by molar-refractivity contribution is 0.133. The van der Waals surface area contributed by atoms with Gasteiger partial charge in [0.25, 0.3) is 5.95 Å². The number of aliphatic hydroxyl groups is 1. The molecule has 0 spiro atoms. The van der Waals surface area contributed by atoms with E-state index in [0.717, 1.165) is 18.4 Å². The number of ether oxygens (including phenoxy) is 1. The van der Waals surface area contributed by atoms with E-state index in [1.807, 2.05) is 18.2 Å². The summed E-state index contributed by atoms with van der Waals surface area (Å²) in [7, 11) is 1.48. The molecule has 0 aromatic rings. The second-order valence-electron chi connectivity index (χ2n) is 3.08. The second-order valence-corrected chi connectivity index (χ2v) is 3.08. The standard InChI is InChI=1S/C11H16O2/c1-3-4-6-9-7-5-8-10(9)11(12)13-2/h5,7-8,12H,3-4,6H2,1-2H3/b11-10+. The summed E-state index contributed by atoms with van der Waals surface area (Å²) in [6.07, 6.45) is 9.16. The molecule has 1 aliphatic carbocycles. The largest absolute Gasteiger partial charge is 0.481 e. The van der Waals surface area contributed by atoms with E-state index in [0.29, 0.717) is 0 Å². The predicted molar refractivity (Wildman–Crippen MR) is 53.4 cm³/mol. The molecule has 1 rings (SSSR count). The average molecular weight is 180 g/mol. The first kappa shape index (κ1) is 9.90. The van der Waals surface area contributed by atoms with Crippen LogP contribution in [-0.2, 0) is 4.74 Å². The fourth-order valence-corrected chi connectivity index (χ4v) is 1.36. The highest BCUT2D eigenvalue weighted by atomic mass is 16.6. The molecule has 0 radical (unpaired) electrons. The molecule has 0 atom stereocenters. The highest BCUT2D eigenvalue weighted by molar-refractivity contribution is 5.48. The van der Waals surface area contributed by atoms with Gasteiger partial charge in [-0.3, -0.25) is 0 Å². The van der Waals surface area contributed by atoms with Crippen LogP contribution >= 0.6 is 0 Å². The molecule has 0 amide bonds. The molecule has 0 saturated heterocycles. The Kier molecular flexibility index (Phi) is 3.62. The summed E-state index contributed by atoms with van der Waals surface area (Å²) in [6, 6.07) is 0. The van der Waals surface area contributed by atoms with Crippen molar-refractivity contribution in [3.05, 3.63) is 35.3 Å². The zero-order chi connectivity index (χ0) is 9.68. The first-order chi connectivity index (χ1) is 6.29. The third-order valence-corrected chi connectivity index (χ3v) is 2.13. The SMILES string of the molecule is CCCCC1=CC=C/C1=C(/O)OC. The van der Waals surface area contributed by atoms with E-state index in [-0.39, 0.29) is 5.95 Å². The van der Waals surface area contributed by atoms with Crippen LogP contribution in [0.25, 0.3) is 0 Å². The van der Waals surface area contributed by atoms with Gasteiger partial charge in [-0.2, -0.15) is 0 Å². The maximum atomic E-state index is 9.39. The van der Waals surface area contributed by atoms with Gasteiger partial charge in [0.15, 0.2) is 0 Å². The Labute approximate surface area is 79.2 Å². The number of aliphatic hydroxyl groups excluding tert-OH is 1. The Morgan fingerprint density at radius 1 is 1.54 bits per heavy atom. The van der Waals surface area contributed by atoms with Gasteiger partial charge < -0.3 is 9.84 Å². The molecule has 0 heterocycles. The third-order valence-electron chi connectivity index (χ3n) is 2.13. The molecular weight excluding hydrogens is 164 g/mol. The van der Waals surface area contributed by atoms with Crippen LogP contribution in [-0.4, -0.2) is 12.2 Å². The van der Waals surface area contributed by atoms with Crippen molar-refractivity contribution in [1.29, 1.82) is 0 Å². The van der Waals surface area contributed by atoms with Crippen molar-refractivity contribution in [2.75, 3.05) is 7.11 Å². The summed E-state index contributed by atoms with van der Waals surface area (Å²) < 4.78 is 4.79. The van der Waals surface area contributed by atoms with Gasteiger partial charge in [-0.1, -0.05) is 25.5 Å². The van der Waals surface area contributed by atoms with Crippen LogP contribution in [0.15, 0.2) is 35.3 Å². The van der Waals surface area contributed by atoms with Crippen molar-refractivity contribution in [1.82, 2.24) is 0 Å². The minimum Gasteiger partial charge on any atom is -0.481 e. The first-order valence-corrected chi connectivity index (χ1v) is 4.64. The van der Waals surface area contributed by atoms with Crippen molar-refractivity contribution < 1.29 is 9.84 Å². The van der Waals surface area contributed by atoms with Gasteiger partial charge >= 0.3 is 0 Å². The van der Waals surface area contributed by atoms with E-state index in [4.69, 9.17) is 4.74 Å². The van der Waals surface area contributed by atoms with Crippen molar-refractivity contribution in [3.8, 4) is 0 Å². The Morgan fingerprint density at radius 3 is 2.92 bits per heavy atom. The Bertz CT molecular complexity index is 259. The summed E-state index contributed by atoms with van der Waals surface area (Å²) in [5.41, 5.74) is 2.00. The van der Waals surface area contributed by atoms with Gasteiger partial charge in [0.1, 0.15) is 0 Å². The Morgan fingerprint density at radius 2 is 2.31 bits per heavy atom. The first-order valence-electron chi connectivity index (χ1n) is 4.64. The smallest absolute Gasteiger partial charge is 0.284 e. The summed E-state index contributed by atoms with van der Waals surface area (Å²) >= 11 is 0.